The van der Waals surface area contributed by atoms with E-state index < -0.39 is 6.10 Å². The van der Waals surface area contributed by atoms with E-state index in [-0.39, 0.29) is 18.9 Å². The summed E-state index contributed by atoms with van der Waals surface area (Å²) in [5.41, 5.74) is 1.28. The van der Waals surface area contributed by atoms with Gasteiger partial charge in [0.25, 0.3) is 0 Å². The first kappa shape index (κ1) is 18.2. The van der Waals surface area contributed by atoms with Gasteiger partial charge in [0.15, 0.2) is 5.96 Å². The van der Waals surface area contributed by atoms with Crippen molar-refractivity contribution in [1.29, 1.82) is 0 Å². The fourth-order valence-electron chi connectivity index (χ4n) is 2.13. The third kappa shape index (κ3) is 5.51. The Morgan fingerprint density at radius 3 is 2.54 bits per heavy atom. The molecule has 0 amide bonds. The van der Waals surface area contributed by atoms with Gasteiger partial charge in [-0.1, -0.05) is 41.9 Å². The minimum atomic E-state index is -0.695. The number of hydrogen-bond acceptors (Lipinski definition) is 2. The summed E-state index contributed by atoms with van der Waals surface area (Å²) in [6.45, 7) is 3.11. The van der Waals surface area contributed by atoms with Gasteiger partial charge in [-0.25, -0.2) is 9.38 Å². The largest absolute Gasteiger partial charge is 0.387 e. The smallest absolute Gasteiger partial charge is 0.191 e. The summed E-state index contributed by atoms with van der Waals surface area (Å²) in [6, 6.07) is 13.6. The van der Waals surface area contributed by atoms with Crippen molar-refractivity contribution in [3.05, 3.63) is 70.5 Å². The van der Waals surface area contributed by atoms with Crippen LogP contribution < -0.4 is 10.6 Å². The first-order valence-electron chi connectivity index (χ1n) is 7.79. The molecule has 0 saturated carbocycles. The van der Waals surface area contributed by atoms with Crippen LogP contribution in [0.25, 0.3) is 0 Å². The van der Waals surface area contributed by atoms with Gasteiger partial charge in [-0.3, -0.25) is 0 Å². The highest BCUT2D eigenvalue weighted by atomic mass is 35.5. The monoisotopic (exact) mass is 349 g/mol. The molecule has 128 valence electrons. The van der Waals surface area contributed by atoms with Gasteiger partial charge in [-0.05, 0) is 30.7 Å². The number of guanidine groups is 1. The SMILES string of the molecule is CCNC(=NCc1ccccc1F)NCC(O)c1ccc(Cl)cc1. The molecule has 0 bridgehead atoms. The van der Waals surface area contributed by atoms with Gasteiger partial charge < -0.3 is 15.7 Å². The average molecular weight is 350 g/mol. The number of aliphatic hydroxyl groups is 1. The van der Waals surface area contributed by atoms with E-state index in [1.165, 1.54) is 6.07 Å². The fourth-order valence-corrected chi connectivity index (χ4v) is 2.25. The Morgan fingerprint density at radius 2 is 1.88 bits per heavy atom. The van der Waals surface area contributed by atoms with Crippen LogP contribution in [0, 0.1) is 5.82 Å². The number of nitrogens with zero attached hydrogens (tertiary/aromatic N) is 1. The average Bonchev–Trinajstić information content (AvgIpc) is 2.59. The van der Waals surface area contributed by atoms with Gasteiger partial charge in [-0.15, -0.1) is 0 Å². The standard InChI is InChI=1S/C18H21ClFN3O/c1-2-21-18(22-11-14-5-3-4-6-16(14)20)23-12-17(24)13-7-9-15(19)10-8-13/h3-10,17,24H,2,11-12H2,1H3,(H2,21,22,23). The lowest BCUT2D eigenvalue weighted by Gasteiger charge is -2.15. The number of aliphatic hydroxyl groups excluding tert-OH is 1. The van der Waals surface area contributed by atoms with Crippen molar-refractivity contribution in [2.24, 2.45) is 4.99 Å². The van der Waals surface area contributed by atoms with Crippen LogP contribution in [-0.2, 0) is 6.54 Å². The lowest BCUT2D eigenvalue weighted by atomic mass is 10.1. The molecular weight excluding hydrogens is 329 g/mol. The molecule has 0 fully saturated rings. The maximum absolute atomic E-state index is 13.6. The van der Waals surface area contributed by atoms with Crippen LogP contribution in [0.2, 0.25) is 5.02 Å². The van der Waals surface area contributed by atoms with Crippen LogP contribution in [0.5, 0.6) is 0 Å². The Balaban J connectivity index is 1.96. The zero-order valence-electron chi connectivity index (χ0n) is 13.5. The minimum Gasteiger partial charge on any atom is -0.387 e. The van der Waals surface area contributed by atoms with E-state index in [1.54, 1.807) is 42.5 Å². The first-order chi connectivity index (χ1) is 11.6. The summed E-state index contributed by atoms with van der Waals surface area (Å²) in [4.78, 5) is 4.35. The van der Waals surface area contributed by atoms with E-state index in [2.05, 4.69) is 15.6 Å². The molecule has 2 aromatic carbocycles. The van der Waals surface area contributed by atoms with Crippen molar-refractivity contribution in [3.63, 3.8) is 0 Å². The molecule has 2 rings (SSSR count). The van der Waals surface area contributed by atoms with Crippen LogP contribution in [0.15, 0.2) is 53.5 Å². The normalized spacial score (nSPS) is 12.8. The van der Waals surface area contributed by atoms with E-state index in [4.69, 9.17) is 11.6 Å². The molecule has 0 saturated heterocycles. The molecule has 1 atom stereocenters. The van der Waals surface area contributed by atoms with Crippen molar-refractivity contribution in [2.75, 3.05) is 13.1 Å². The van der Waals surface area contributed by atoms with Crippen molar-refractivity contribution in [1.82, 2.24) is 10.6 Å². The summed E-state index contributed by atoms with van der Waals surface area (Å²) in [7, 11) is 0. The predicted octanol–water partition coefficient (Wildman–Crippen LogP) is 3.27. The maximum atomic E-state index is 13.6. The highest BCUT2D eigenvalue weighted by molar-refractivity contribution is 6.30. The van der Waals surface area contributed by atoms with Crippen molar-refractivity contribution < 1.29 is 9.50 Å². The molecule has 0 radical (unpaired) electrons. The molecule has 0 heterocycles. The zero-order chi connectivity index (χ0) is 17.4. The Kier molecular flexibility index (Phi) is 7.03. The molecule has 0 spiro atoms. The van der Waals surface area contributed by atoms with Crippen LogP contribution in [-0.4, -0.2) is 24.2 Å². The minimum absolute atomic E-state index is 0.221. The first-order valence-corrected chi connectivity index (χ1v) is 8.17. The molecule has 0 aliphatic heterocycles. The van der Waals surface area contributed by atoms with E-state index in [1.807, 2.05) is 6.92 Å². The van der Waals surface area contributed by atoms with E-state index >= 15 is 0 Å². The second-order valence-corrected chi connectivity index (χ2v) is 5.67. The lowest BCUT2D eigenvalue weighted by Crippen LogP contribution is -2.39. The third-order valence-electron chi connectivity index (χ3n) is 3.43. The second-order valence-electron chi connectivity index (χ2n) is 5.23. The van der Waals surface area contributed by atoms with E-state index in [0.717, 1.165) is 5.56 Å². The lowest BCUT2D eigenvalue weighted by molar-refractivity contribution is 0.181. The number of rotatable bonds is 6. The molecule has 0 aliphatic rings. The van der Waals surface area contributed by atoms with Crippen molar-refractivity contribution >= 4 is 17.6 Å². The third-order valence-corrected chi connectivity index (χ3v) is 3.68. The highest BCUT2D eigenvalue weighted by Gasteiger charge is 2.08. The summed E-state index contributed by atoms with van der Waals surface area (Å²) < 4.78 is 13.6. The molecule has 4 nitrogen and oxygen atoms in total. The van der Waals surface area contributed by atoms with Crippen molar-refractivity contribution in [3.8, 4) is 0 Å². The van der Waals surface area contributed by atoms with Gasteiger partial charge in [0, 0.05) is 23.7 Å². The maximum Gasteiger partial charge on any atom is 0.191 e. The van der Waals surface area contributed by atoms with Gasteiger partial charge in [0.05, 0.1) is 12.6 Å². The molecule has 6 heteroatoms. The zero-order valence-corrected chi connectivity index (χ0v) is 14.2. The summed E-state index contributed by atoms with van der Waals surface area (Å²) >= 11 is 5.84. The van der Waals surface area contributed by atoms with Gasteiger partial charge >= 0.3 is 0 Å². The Hall–Kier alpha value is -2.11. The van der Waals surface area contributed by atoms with Gasteiger partial charge in [0.1, 0.15) is 5.82 Å². The highest BCUT2D eigenvalue weighted by Crippen LogP contribution is 2.15. The summed E-state index contributed by atoms with van der Waals surface area (Å²) in [6.07, 6.45) is -0.695. The van der Waals surface area contributed by atoms with Crippen LogP contribution in [0.3, 0.4) is 0 Å². The van der Waals surface area contributed by atoms with E-state index in [9.17, 15) is 9.50 Å². The predicted molar refractivity (Wildman–Crippen MR) is 95.6 cm³/mol. The topological polar surface area (TPSA) is 56.7 Å². The number of halogens is 2. The molecule has 24 heavy (non-hydrogen) atoms. The van der Waals surface area contributed by atoms with Crippen LogP contribution in [0.1, 0.15) is 24.2 Å². The molecule has 3 N–H and O–H groups in total. The Morgan fingerprint density at radius 1 is 1.17 bits per heavy atom. The van der Waals surface area contributed by atoms with Crippen LogP contribution in [0.4, 0.5) is 4.39 Å². The molecular formula is C18H21ClFN3O. The van der Waals surface area contributed by atoms with Gasteiger partial charge in [0.2, 0.25) is 0 Å². The molecule has 0 aliphatic carbocycles. The molecule has 2 aromatic rings. The van der Waals surface area contributed by atoms with E-state index in [0.29, 0.717) is 23.1 Å². The Labute approximate surface area is 146 Å². The quantitative estimate of drug-likeness (QED) is 0.554. The summed E-state index contributed by atoms with van der Waals surface area (Å²) in [5, 5.41) is 17.0. The van der Waals surface area contributed by atoms with Crippen molar-refractivity contribution in [2.45, 2.75) is 19.6 Å². The molecule has 1 unspecified atom stereocenters. The number of aliphatic imine (C=N–C) groups is 1. The summed E-state index contributed by atoms with van der Waals surface area (Å²) in [5.74, 6) is 0.243. The number of benzene rings is 2. The second kappa shape index (κ2) is 9.25. The van der Waals surface area contributed by atoms with Gasteiger partial charge in [-0.2, -0.15) is 0 Å². The number of nitrogens with one attached hydrogen (secondary N) is 2. The Bertz CT molecular complexity index is 676. The fraction of sp³-hybridized carbons (Fsp3) is 0.278. The number of hydrogen-bond donors (Lipinski definition) is 3. The molecule has 0 aromatic heterocycles. The van der Waals surface area contributed by atoms with Crippen LogP contribution >= 0.6 is 11.6 Å².